The first-order chi connectivity index (χ1) is 15.5. The summed E-state index contributed by atoms with van der Waals surface area (Å²) in [5, 5.41) is 13.0. The third kappa shape index (κ3) is 4.45. The highest BCUT2D eigenvalue weighted by Crippen LogP contribution is 2.24. The molecule has 4 rings (SSSR count). The molecule has 4 aromatic rings. The van der Waals surface area contributed by atoms with Crippen molar-refractivity contribution in [1.29, 1.82) is 0 Å². The summed E-state index contributed by atoms with van der Waals surface area (Å²) in [6.07, 6.45) is 1.88. The Morgan fingerprint density at radius 3 is 2.69 bits per heavy atom. The lowest BCUT2D eigenvalue weighted by Gasteiger charge is -2.08. The lowest BCUT2D eigenvalue weighted by molar-refractivity contribution is 0.0948. The van der Waals surface area contributed by atoms with Gasteiger partial charge in [-0.2, -0.15) is 0 Å². The molecule has 0 radical (unpaired) electrons. The van der Waals surface area contributed by atoms with Crippen LogP contribution >= 0.6 is 11.8 Å². The van der Waals surface area contributed by atoms with E-state index in [2.05, 4.69) is 15.5 Å². The van der Waals surface area contributed by atoms with Crippen LogP contribution in [0.4, 0.5) is 0 Å². The fourth-order valence-corrected chi connectivity index (χ4v) is 4.60. The molecule has 1 N–H and O–H groups in total. The Bertz CT molecular complexity index is 1290. The molecule has 2 aromatic heterocycles. The van der Waals surface area contributed by atoms with Gasteiger partial charge < -0.3 is 14.5 Å². The molecule has 32 heavy (non-hydrogen) atoms. The molecule has 0 spiro atoms. The van der Waals surface area contributed by atoms with Crippen LogP contribution in [0.25, 0.3) is 10.9 Å². The normalized spacial score (nSPS) is 11.1. The van der Waals surface area contributed by atoms with Gasteiger partial charge in [0.15, 0.2) is 16.8 Å². The van der Waals surface area contributed by atoms with E-state index in [1.54, 1.807) is 6.07 Å². The van der Waals surface area contributed by atoms with Crippen LogP contribution in [0.3, 0.4) is 0 Å². The van der Waals surface area contributed by atoms with E-state index in [1.165, 1.54) is 11.8 Å². The highest BCUT2D eigenvalue weighted by atomic mass is 32.2. The molecule has 2 aromatic carbocycles. The second-order valence-corrected chi connectivity index (χ2v) is 8.52. The summed E-state index contributed by atoms with van der Waals surface area (Å²) in [4.78, 5) is 25.3. The topological polar surface area (TPSA) is 81.8 Å². The van der Waals surface area contributed by atoms with Crippen molar-refractivity contribution in [2.75, 3.05) is 5.75 Å². The number of thioether (sulfide) groups is 1. The lowest BCUT2D eigenvalue weighted by Crippen LogP contribution is -2.24. The standard InChI is InChI=1S/C24H25N5O2S/c1-4-29-22(13-25-23(31)17-9-7-8-16(2)12-17)26-27-24(29)32-15-21(30)19-14-28(3)20-11-6-5-10-18(19)20/h5-12,14H,4,13,15H2,1-3H3,(H,25,31). The van der Waals surface area contributed by atoms with Crippen molar-refractivity contribution in [2.45, 2.75) is 32.1 Å². The van der Waals surface area contributed by atoms with E-state index in [0.717, 1.165) is 16.5 Å². The zero-order chi connectivity index (χ0) is 22.7. The Kier molecular flexibility index (Phi) is 6.41. The number of benzene rings is 2. The minimum Gasteiger partial charge on any atom is -0.350 e. The number of nitrogens with one attached hydrogen (secondary N) is 1. The average Bonchev–Trinajstić information content (AvgIpc) is 3.36. The summed E-state index contributed by atoms with van der Waals surface area (Å²) in [5.41, 5.74) is 3.39. The number of ketones is 1. The van der Waals surface area contributed by atoms with E-state index in [4.69, 9.17) is 0 Å². The van der Waals surface area contributed by atoms with E-state index in [0.29, 0.717) is 28.7 Å². The molecule has 0 saturated heterocycles. The summed E-state index contributed by atoms with van der Waals surface area (Å²) in [6, 6.07) is 15.3. The van der Waals surface area contributed by atoms with Gasteiger partial charge in [0.25, 0.3) is 5.91 Å². The van der Waals surface area contributed by atoms with Gasteiger partial charge in [0.2, 0.25) is 0 Å². The SMILES string of the molecule is CCn1c(CNC(=O)c2cccc(C)c2)nnc1SCC(=O)c1cn(C)c2ccccc12. The van der Waals surface area contributed by atoms with Crippen molar-refractivity contribution in [3.8, 4) is 0 Å². The smallest absolute Gasteiger partial charge is 0.251 e. The van der Waals surface area contributed by atoms with Crippen molar-refractivity contribution >= 4 is 34.4 Å². The number of hydrogen-bond donors (Lipinski definition) is 1. The van der Waals surface area contributed by atoms with Crippen molar-refractivity contribution in [1.82, 2.24) is 24.6 Å². The van der Waals surface area contributed by atoms with Gasteiger partial charge in [-0.15, -0.1) is 10.2 Å². The number of fused-ring (bicyclic) bond motifs is 1. The van der Waals surface area contributed by atoms with Crippen LogP contribution in [-0.4, -0.2) is 36.8 Å². The predicted octanol–water partition coefficient (Wildman–Crippen LogP) is 4.00. The van der Waals surface area contributed by atoms with E-state index in [1.807, 2.05) is 78.7 Å². The molecule has 164 valence electrons. The first kappa shape index (κ1) is 21.8. The lowest BCUT2D eigenvalue weighted by atomic mass is 10.1. The number of rotatable bonds is 8. The first-order valence-corrected chi connectivity index (χ1v) is 11.4. The molecule has 0 saturated carbocycles. The zero-order valence-electron chi connectivity index (χ0n) is 18.3. The summed E-state index contributed by atoms with van der Waals surface area (Å²) in [5.74, 6) is 0.821. The van der Waals surface area contributed by atoms with Gasteiger partial charge in [0, 0.05) is 41.8 Å². The van der Waals surface area contributed by atoms with Crippen LogP contribution in [0.5, 0.6) is 0 Å². The summed E-state index contributed by atoms with van der Waals surface area (Å²) in [7, 11) is 1.94. The Morgan fingerprint density at radius 2 is 1.91 bits per heavy atom. The number of nitrogens with zero attached hydrogens (tertiary/aromatic N) is 4. The Labute approximate surface area is 190 Å². The third-order valence-electron chi connectivity index (χ3n) is 5.33. The number of Topliss-reactive ketones (excluding diaryl/α,β-unsaturated/α-hetero) is 1. The number of aromatic nitrogens is 4. The summed E-state index contributed by atoms with van der Waals surface area (Å²) in [6.45, 7) is 4.86. The molecule has 1 amide bonds. The quantitative estimate of drug-likeness (QED) is 0.326. The largest absolute Gasteiger partial charge is 0.350 e. The maximum Gasteiger partial charge on any atom is 0.251 e. The van der Waals surface area contributed by atoms with Crippen LogP contribution in [0.15, 0.2) is 59.9 Å². The number of carbonyl (C=O) groups is 2. The molecule has 0 aliphatic heterocycles. The average molecular weight is 448 g/mol. The maximum absolute atomic E-state index is 12.9. The Hall–Kier alpha value is -3.39. The van der Waals surface area contributed by atoms with Gasteiger partial charge in [-0.3, -0.25) is 9.59 Å². The van der Waals surface area contributed by atoms with E-state index >= 15 is 0 Å². The van der Waals surface area contributed by atoms with Crippen molar-refractivity contribution in [2.24, 2.45) is 7.05 Å². The fraction of sp³-hybridized carbons (Fsp3) is 0.250. The first-order valence-electron chi connectivity index (χ1n) is 10.4. The van der Waals surface area contributed by atoms with Crippen molar-refractivity contribution < 1.29 is 9.59 Å². The van der Waals surface area contributed by atoms with Gasteiger partial charge >= 0.3 is 0 Å². The molecule has 0 atom stereocenters. The van der Waals surface area contributed by atoms with Crippen LogP contribution in [0.1, 0.15) is 39.0 Å². The molecule has 0 fully saturated rings. The van der Waals surface area contributed by atoms with Gasteiger partial charge in [0.1, 0.15) is 0 Å². The van der Waals surface area contributed by atoms with Crippen LogP contribution in [0, 0.1) is 6.92 Å². The minimum absolute atomic E-state index is 0.0479. The molecule has 0 aliphatic rings. The van der Waals surface area contributed by atoms with E-state index in [-0.39, 0.29) is 24.0 Å². The molecule has 0 aliphatic carbocycles. The number of hydrogen-bond acceptors (Lipinski definition) is 5. The van der Waals surface area contributed by atoms with Gasteiger partial charge in [-0.05, 0) is 32.0 Å². The second kappa shape index (κ2) is 9.40. The van der Waals surface area contributed by atoms with Gasteiger partial charge in [-0.25, -0.2) is 0 Å². The molecule has 0 bridgehead atoms. The molecule has 7 nitrogen and oxygen atoms in total. The molecular weight excluding hydrogens is 422 g/mol. The number of amides is 1. The van der Waals surface area contributed by atoms with Crippen LogP contribution in [0.2, 0.25) is 0 Å². The number of aryl methyl sites for hydroxylation is 2. The highest BCUT2D eigenvalue weighted by molar-refractivity contribution is 7.99. The van der Waals surface area contributed by atoms with Crippen LogP contribution < -0.4 is 5.32 Å². The molecular formula is C24H25N5O2S. The van der Waals surface area contributed by atoms with Gasteiger partial charge in [-0.1, -0.05) is 47.7 Å². The highest BCUT2D eigenvalue weighted by Gasteiger charge is 2.17. The number of carbonyl (C=O) groups excluding carboxylic acids is 2. The fourth-order valence-electron chi connectivity index (χ4n) is 3.69. The van der Waals surface area contributed by atoms with Crippen molar-refractivity contribution in [3.63, 3.8) is 0 Å². The van der Waals surface area contributed by atoms with Gasteiger partial charge in [0.05, 0.1) is 12.3 Å². The molecule has 0 unspecified atom stereocenters. The Balaban J connectivity index is 1.42. The second-order valence-electron chi connectivity index (χ2n) is 7.58. The zero-order valence-corrected chi connectivity index (χ0v) is 19.1. The summed E-state index contributed by atoms with van der Waals surface area (Å²) < 4.78 is 3.90. The Morgan fingerprint density at radius 1 is 1.09 bits per heavy atom. The number of para-hydroxylation sites is 1. The third-order valence-corrected chi connectivity index (χ3v) is 6.29. The van der Waals surface area contributed by atoms with Crippen molar-refractivity contribution in [3.05, 3.63) is 77.2 Å². The maximum atomic E-state index is 12.9. The molecule has 8 heteroatoms. The monoisotopic (exact) mass is 447 g/mol. The summed E-state index contributed by atoms with van der Waals surface area (Å²) >= 11 is 1.36. The van der Waals surface area contributed by atoms with Crippen LogP contribution in [-0.2, 0) is 20.1 Å². The van der Waals surface area contributed by atoms with E-state index < -0.39 is 0 Å². The predicted molar refractivity (Wildman–Crippen MR) is 126 cm³/mol. The van der Waals surface area contributed by atoms with E-state index in [9.17, 15) is 9.59 Å². The molecule has 2 heterocycles. The minimum atomic E-state index is -0.153.